The molecule has 0 aromatic carbocycles. The number of thiophene rings is 1. The van der Waals surface area contributed by atoms with E-state index < -0.39 is 0 Å². The summed E-state index contributed by atoms with van der Waals surface area (Å²) in [4.78, 5) is 2.48. The van der Waals surface area contributed by atoms with Crippen molar-refractivity contribution in [1.29, 1.82) is 0 Å². The molecule has 0 radical (unpaired) electrons. The van der Waals surface area contributed by atoms with Gasteiger partial charge in [0.2, 0.25) is 0 Å². The number of hydrogen-bond acceptors (Lipinski definition) is 3. The second-order valence-electron chi connectivity index (χ2n) is 5.09. The van der Waals surface area contributed by atoms with Crippen LogP contribution in [0.2, 0.25) is 0 Å². The van der Waals surface area contributed by atoms with Crippen LogP contribution in [0, 0.1) is 5.92 Å². The summed E-state index contributed by atoms with van der Waals surface area (Å²) in [5.74, 6) is 0.723. The van der Waals surface area contributed by atoms with E-state index in [1.165, 1.54) is 24.8 Å². The van der Waals surface area contributed by atoms with Crippen molar-refractivity contribution in [3.05, 3.63) is 22.4 Å². The minimum Gasteiger partial charge on any atom is -0.329 e. The van der Waals surface area contributed by atoms with Crippen LogP contribution in [0.3, 0.4) is 0 Å². The third-order valence-electron chi connectivity index (χ3n) is 4.28. The van der Waals surface area contributed by atoms with E-state index in [9.17, 15) is 0 Å². The van der Waals surface area contributed by atoms with Crippen LogP contribution in [0.5, 0.6) is 0 Å². The first-order valence-electron chi connectivity index (χ1n) is 6.11. The Bertz CT molecular complexity index is 323. The van der Waals surface area contributed by atoms with Gasteiger partial charge in [-0.25, -0.2) is 0 Å². The van der Waals surface area contributed by atoms with Crippen molar-refractivity contribution in [3.63, 3.8) is 0 Å². The Kier molecular flexibility index (Phi) is 3.67. The Balaban J connectivity index is 2.09. The molecule has 1 aromatic heterocycles. The number of nitrogens with two attached hydrogens (primary N) is 1. The van der Waals surface area contributed by atoms with Gasteiger partial charge in [-0.2, -0.15) is 11.3 Å². The molecular formula is C13H22N2S. The predicted molar refractivity (Wildman–Crippen MR) is 70.6 cm³/mol. The normalized spacial score (nSPS) is 30.1. The average Bonchev–Trinajstić information content (AvgIpc) is 2.88. The first kappa shape index (κ1) is 12.1. The van der Waals surface area contributed by atoms with E-state index in [2.05, 4.69) is 35.7 Å². The van der Waals surface area contributed by atoms with Crippen molar-refractivity contribution in [3.8, 4) is 0 Å². The maximum atomic E-state index is 6.05. The van der Waals surface area contributed by atoms with Gasteiger partial charge in [0.25, 0.3) is 0 Å². The number of likely N-dealkylation sites (N-methyl/N-ethyl adjacent to an activating group) is 1. The topological polar surface area (TPSA) is 29.3 Å². The molecule has 2 unspecified atom stereocenters. The molecule has 1 aromatic rings. The molecule has 0 saturated heterocycles. The number of nitrogens with zero attached hydrogens (tertiary/aromatic N) is 1. The van der Waals surface area contributed by atoms with Crippen LogP contribution in [0.25, 0.3) is 0 Å². The molecule has 1 heterocycles. The highest BCUT2D eigenvalue weighted by atomic mass is 32.1. The summed E-state index contributed by atoms with van der Waals surface area (Å²) >= 11 is 1.77. The second-order valence-corrected chi connectivity index (χ2v) is 5.87. The molecule has 1 fully saturated rings. The minimum atomic E-state index is 0.238. The van der Waals surface area contributed by atoms with E-state index in [-0.39, 0.29) is 5.54 Å². The van der Waals surface area contributed by atoms with E-state index in [0.717, 1.165) is 19.0 Å². The van der Waals surface area contributed by atoms with Gasteiger partial charge in [-0.1, -0.05) is 13.3 Å². The molecule has 2 nitrogen and oxygen atoms in total. The van der Waals surface area contributed by atoms with Crippen molar-refractivity contribution >= 4 is 11.3 Å². The van der Waals surface area contributed by atoms with Gasteiger partial charge in [-0.15, -0.1) is 0 Å². The van der Waals surface area contributed by atoms with Gasteiger partial charge < -0.3 is 5.73 Å². The zero-order valence-corrected chi connectivity index (χ0v) is 11.1. The molecule has 90 valence electrons. The first-order chi connectivity index (χ1) is 7.69. The monoisotopic (exact) mass is 238 g/mol. The van der Waals surface area contributed by atoms with Crippen LogP contribution < -0.4 is 5.73 Å². The maximum absolute atomic E-state index is 6.05. The van der Waals surface area contributed by atoms with Crippen molar-refractivity contribution in [1.82, 2.24) is 4.90 Å². The molecule has 0 aliphatic heterocycles. The van der Waals surface area contributed by atoms with Crippen molar-refractivity contribution in [2.45, 2.75) is 38.3 Å². The highest BCUT2D eigenvalue weighted by molar-refractivity contribution is 7.07. The fraction of sp³-hybridized carbons (Fsp3) is 0.692. The summed E-state index contributed by atoms with van der Waals surface area (Å²) in [5, 5.41) is 4.39. The smallest absolute Gasteiger partial charge is 0.0357 e. The molecule has 0 bridgehead atoms. The maximum Gasteiger partial charge on any atom is 0.0357 e. The molecule has 1 aliphatic rings. The fourth-order valence-electron chi connectivity index (χ4n) is 3.07. The molecule has 2 atom stereocenters. The summed E-state index contributed by atoms with van der Waals surface area (Å²) in [6.07, 6.45) is 3.91. The largest absolute Gasteiger partial charge is 0.329 e. The van der Waals surface area contributed by atoms with E-state index in [0.29, 0.717) is 0 Å². The van der Waals surface area contributed by atoms with Gasteiger partial charge in [0, 0.05) is 18.6 Å². The van der Waals surface area contributed by atoms with E-state index in [4.69, 9.17) is 5.73 Å². The molecule has 3 heteroatoms. The van der Waals surface area contributed by atoms with Crippen molar-refractivity contribution in [2.75, 3.05) is 13.6 Å². The van der Waals surface area contributed by atoms with Crippen LogP contribution in [-0.4, -0.2) is 24.0 Å². The molecule has 1 saturated carbocycles. The fourth-order valence-corrected chi connectivity index (χ4v) is 3.73. The molecular weight excluding hydrogens is 216 g/mol. The molecule has 2 rings (SSSR count). The lowest BCUT2D eigenvalue weighted by molar-refractivity contribution is 0.0843. The lowest BCUT2D eigenvalue weighted by Gasteiger charge is -2.41. The summed E-state index contributed by atoms with van der Waals surface area (Å²) in [6.45, 7) is 4.17. The second kappa shape index (κ2) is 4.86. The van der Waals surface area contributed by atoms with Gasteiger partial charge in [0.15, 0.2) is 0 Å². The van der Waals surface area contributed by atoms with Gasteiger partial charge in [0.1, 0.15) is 0 Å². The Morgan fingerprint density at radius 1 is 1.62 bits per heavy atom. The van der Waals surface area contributed by atoms with Gasteiger partial charge in [-0.3, -0.25) is 4.90 Å². The molecule has 16 heavy (non-hydrogen) atoms. The summed E-state index contributed by atoms with van der Waals surface area (Å²) in [5.41, 5.74) is 7.70. The predicted octanol–water partition coefficient (Wildman–Crippen LogP) is 2.70. The van der Waals surface area contributed by atoms with Crippen molar-refractivity contribution in [2.24, 2.45) is 11.7 Å². The average molecular weight is 238 g/mol. The van der Waals surface area contributed by atoms with Gasteiger partial charge in [0.05, 0.1) is 0 Å². The zero-order chi connectivity index (χ0) is 11.6. The van der Waals surface area contributed by atoms with Crippen LogP contribution in [0.1, 0.15) is 31.7 Å². The molecule has 0 amide bonds. The lowest BCUT2D eigenvalue weighted by Crippen LogP contribution is -2.53. The van der Waals surface area contributed by atoms with Gasteiger partial charge >= 0.3 is 0 Å². The zero-order valence-electron chi connectivity index (χ0n) is 10.3. The quantitative estimate of drug-likeness (QED) is 0.874. The minimum absolute atomic E-state index is 0.238. The lowest BCUT2D eigenvalue weighted by atomic mass is 9.86. The van der Waals surface area contributed by atoms with Crippen LogP contribution in [-0.2, 0) is 6.54 Å². The highest BCUT2D eigenvalue weighted by Gasteiger charge is 2.42. The highest BCUT2D eigenvalue weighted by Crippen LogP contribution is 2.39. The third kappa shape index (κ3) is 2.04. The Morgan fingerprint density at radius 3 is 2.94 bits per heavy atom. The SMILES string of the molecule is CC1CCCC1(CN)N(C)Cc1ccsc1. The van der Waals surface area contributed by atoms with Gasteiger partial charge in [-0.05, 0) is 48.2 Å². The summed E-state index contributed by atoms with van der Waals surface area (Å²) < 4.78 is 0. The van der Waals surface area contributed by atoms with Crippen molar-refractivity contribution < 1.29 is 0 Å². The Morgan fingerprint density at radius 2 is 2.44 bits per heavy atom. The van der Waals surface area contributed by atoms with E-state index in [1.807, 2.05) is 0 Å². The number of hydrogen-bond donors (Lipinski definition) is 1. The van der Waals surface area contributed by atoms with E-state index in [1.54, 1.807) is 11.3 Å². The van der Waals surface area contributed by atoms with Crippen LogP contribution in [0.4, 0.5) is 0 Å². The molecule has 2 N–H and O–H groups in total. The van der Waals surface area contributed by atoms with E-state index >= 15 is 0 Å². The Labute approximate surface area is 102 Å². The number of rotatable bonds is 4. The molecule has 0 spiro atoms. The summed E-state index contributed by atoms with van der Waals surface area (Å²) in [7, 11) is 2.23. The summed E-state index contributed by atoms with van der Waals surface area (Å²) in [6, 6.07) is 2.21. The van der Waals surface area contributed by atoms with Crippen LogP contribution in [0.15, 0.2) is 16.8 Å². The third-order valence-corrected chi connectivity index (χ3v) is 5.01. The standard InChI is InChI=1S/C13H22N2S/c1-11-4-3-6-13(11,10-14)15(2)8-12-5-7-16-9-12/h5,7,9,11H,3-4,6,8,10,14H2,1-2H3. The van der Waals surface area contributed by atoms with Crippen LogP contribution >= 0.6 is 11.3 Å². The first-order valence-corrected chi connectivity index (χ1v) is 7.06. The molecule has 1 aliphatic carbocycles. The Hall–Kier alpha value is -0.380.